The minimum absolute atomic E-state index is 0. The molecule has 0 aliphatic carbocycles. The minimum Gasteiger partial charge on any atom is -0.478 e. The van der Waals surface area contributed by atoms with Gasteiger partial charge in [-0.1, -0.05) is 103 Å². The number of nitro groups is 2. The zero-order chi connectivity index (χ0) is 63.1. The average Bonchev–Trinajstić information content (AvgIpc) is 1.70. The second-order valence-corrected chi connectivity index (χ2v) is 24.6. The molecule has 2 aliphatic heterocycles. The van der Waals surface area contributed by atoms with Gasteiger partial charge in [-0.05, 0) is 87.3 Å². The van der Waals surface area contributed by atoms with Gasteiger partial charge in [0.1, 0.15) is 11.6 Å². The highest BCUT2D eigenvalue weighted by molar-refractivity contribution is 7.90. The quantitative estimate of drug-likeness (QED) is 0.0581. The molecule has 0 unspecified atom stereocenters. The SMILES string of the molecule is C.O=C(O)c1ccc([N+](=O)[O-])cc1F.O=C(c1ccc([N+](=O)[O-])cc1F)N1CCC(Nc2ncc(Cl)c(-c3cn(S(=O)(=O)c4ccccc4)c4ccccc34)n2)CC1.O=S(=O)(c1ccccc1)n1cc(-c2nc(NC3CCNCC3)ncc2Cl)c2ccccc21. The second-order valence-electron chi connectivity index (χ2n) is 20.2. The standard InChI is InChI=1S/C30H24ClFN6O5S.C23H22ClN5O2S.C7H4FNO4.CH4/c31-25-17-33-30(34-19-12-14-36(15-13-19)29(39)23-11-10-20(38(40)41)16-26(23)32)35-28(25)24-18-37(27-9-5-4-8-22(24)27)44(42,43)21-6-2-1-3-7-21;24-20-14-26-23(27-16-10-12-25-13-11-16)28-22(20)19-15-29(21-9-5-4-8-18(19)21)32(30,31)17-6-2-1-3-7-17;8-6-3-4(9(12)13)1-2-5(6)7(10)11;/h1-11,16-19H,12-15H2,(H,33,34,35);1-9,14-16,25H,10-13H2,(H,26,27,28);1-3H,(H,10,11);1H4. The van der Waals surface area contributed by atoms with Gasteiger partial charge in [-0.15, -0.1) is 0 Å². The van der Waals surface area contributed by atoms with Crippen LogP contribution in [0.3, 0.4) is 0 Å². The van der Waals surface area contributed by atoms with Crippen LogP contribution in [-0.2, 0) is 20.0 Å². The van der Waals surface area contributed by atoms with Crippen LogP contribution in [0.15, 0.2) is 180 Å². The number of aromatic nitrogens is 6. The maximum atomic E-state index is 14.4. The highest BCUT2D eigenvalue weighted by Gasteiger charge is 2.29. The normalized spacial score (nSPS) is 13.7. The predicted octanol–water partition coefficient (Wildman–Crippen LogP) is 12.0. The Kier molecular flexibility index (Phi) is 19.9. The lowest BCUT2D eigenvalue weighted by atomic mass is 10.0. The first kappa shape index (κ1) is 64.7. The fraction of sp³-hybridized carbons (Fsp3) is 0.180. The molecule has 2 fully saturated rings. The maximum absolute atomic E-state index is 14.4. The van der Waals surface area contributed by atoms with Gasteiger partial charge >= 0.3 is 5.97 Å². The first-order valence-corrected chi connectivity index (χ1v) is 30.8. The zero-order valence-corrected chi connectivity index (χ0v) is 49.5. The maximum Gasteiger partial charge on any atom is 0.338 e. The number of hydrogen-bond acceptors (Lipinski definition) is 17. The number of anilines is 2. The second kappa shape index (κ2) is 27.7. The van der Waals surface area contributed by atoms with Crippen molar-refractivity contribution in [1.29, 1.82) is 0 Å². The number of benzene rings is 6. The Bertz CT molecular complexity index is 4580. The molecule has 6 heterocycles. The number of carbonyl (C=O) groups excluding carboxylic acids is 1. The van der Waals surface area contributed by atoms with Gasteiger partial charge in [0.25, 0.3) is 37.3 Å². The van der Waals surface area contributed by atoms with Gasteiger partial charge in [0.05, 0.1) is 87.8 Å². The van der Waals surface area contributed by atoms with Crippen LogP contribution in [0, 0.1) is 31.9 Å². The summed E-state index contributed by atoms with van der Waals surface area (Å²) >= 11 is 13.0. The van der Waals surface area contributed by atoms with Gasteiger partial charge in [-0.3, -0.25) is 25.0 Å². The molecule has 0 bridgehead atoms. The monoisotopic (exact) mass is 1300 g/mol. The van der Waals surface area contributed by atoms with Gasteiger partial charge < -0.3 is 26.0 Å². The number of rotatable bonds is 14. The van der Waals surface area contributed by atoms with E-state index in [0.29, 0.717) is 81.9 Å². The van der Waals surface area contributed by atoms with Crippen molar-refractivity contribution in [2.75, 3.05) is 36.8 Å². The molecule has 4 N–H and O–H groups in total. The molecule has 0 atom stereocenters. The average molecular weight is 1300 g/mol. The van der Waals surface area contributed by atoms with Crippen LogP contribution in [0.25, 0.3) is 44.3 Å². The minimum atomic E-state index is -3.91. The van der Waals surface area contributed by atoms with E-state index in [4.69, 9.17) is 28.3 Å². The molecule has 29 heteroatoms. The lowest BCUT2D eigenvalue weighted by molar-refractivity contribution is -0.385. The van der Waals surface area contributed by atoms with Crippen molar-refractivity contribution in [1.82, 2.24) is 38.1 Å². The Morgan fingerprint density at radius 1 is 0.589 bits per heavy atom. The number of carboxylic acid groups (broad SMARTS) is 1. The summed E-state index contributed by atoms with van der Waals surface area (Å²) in [5, 5.41) is 41.4. The molecular formula is C61H54Cl2F2N12O11S2. The summed E-state index contributed by atoms with van der Waals surface area (Å²) in [4.78, 5) is 62.5. The fourth-order valence-electron chi connectivity index (χ4n) is 10.0. The van der Waals surface area contributed by atoms with Crippen LogP contribution in [0.4, 0.5) is 32.1 Å². The fourth-order valence-corrected chi connectivity index (χ4v) is 13.2. The summed E-state index contributed by atoms with van der Waals surface area (Å²) < 4.78 is 83.6. The molecule has 464 valence electrons. The number of fused-ring (bicyclic) bond motifs is 2. The lowest BCUT2D eigenvalue weighted by Gasteiger charge is -2.32. The van der Waals surface area contributed by atoms with E-state index >= 15 is 0 Å². The predicted molar refractivity (Wildman–Crippen MR) is 336 cm³/mol. The number of halogens is 4. The molecule has 0 radical (unpaired) electrons. The number of non-ortho nitro benzene ring substituents is 2. The number of piperidine rings is 2. The molecule has 90 heavy (non-hydrogen) atoms. The Morgan fingerprint density at radius 3 is 1.40 bits per heavy atom. The van der Waals surface area contributed by atoms with Crippen molar-refractivity contribution < 1.29 is 50.2 Å². The Balaban J connectivity index is 0.000000182. The van der Waals surface area contributed by atoms with E-state index in [1.165, 1.54) is 37.4 Å². The number of nitrogens with one attached hydrogen (secondary N) is 3. The van der Waals surface area contributed by atoms with E-state index in [9.17, 15) is 55.4 Å². The van der Waals surface area contributed by atoms with Crippen LogP contribution >= 0.6 is 23.2 Å². The van der Waals surface area contributed by atoms with Crippen molar-refractivity contribution >= 4 is 100 Å². The first-order valence-electron chi connectivity index (χ1n) is 27.2. The summed E-state index contributed by atoms with van der Waals surface area (Å²) in [6.07, 6.45) is 9.09. The van der Waals surface area contributed by atoms with Crippen LogP contribution in [0.1, 0.15) is 53.8 Å². The highest BCUT2D eigenvalue weighted by Crippen LogP contribution is 2.38. The van der Waals surface area contributed by atoms with Crippen LogP contribution < -0.4 is 16.0 Å². The van der Waals surface area contributed by atoms with E-state index in [0.717, 1.165) is 61.6 Å². The molecular weight excluding hydrogens is 1250 g/mol. The third-order valence-corrected chi connectivity index (χ3v) is 18.5. The molecule has 1 amide bonds. The molecule has 4 aromatic heterocycles. The lowest BCUT2D eigenvalue weighted by Crippen LogP contribution is -2.42. The number of para-hydroxylation sites is 2. The van der Waals surface area contributed by atoms with Crippen LogP contribution in [-0.4, -0.2) is 115 Å². The Labute approximate surface area is 523 Å². The number of hydrogen-bond donors (Lipinski definition) is 4. The topological polar surface area (TPSA) is 310 Å². The molecule has 2 saturated heterocycles. The molecule has 10 aromatic rings. The van der Waals surface area contributed by atoms with Crippen molar-refractivity contribution in [3.05, 3.63) is 223 Å². The summed E-state index contributed by atoms with van der Waals surface area (Å²) in [7, 11) is -7.70. The number of carboxylic acids is 1. The molecule has 2 aliphatic rings. The van der Waals surface area contributed by atoms with Crippen LogP contribution in [0.2, 0.25) is 10.0 Å². The van der Waals surface area contributed by atoms with Crippen molar-refractivity contribution in [3.8, 4) is 22.5 Å². The van der Waals surface area contributed by atoms with E-state index in [1.54, 1.807) is 91.3 Å². The van der Waals surface area contributed by atoms with Crippen molar-refractivity contribution in [3.63, 3.8) is 0 Å². The van der Waals surface area contributed by atoms with Gasteiger partial charge in [0.2, 0.25) is 11.9 Å². The number of carbonyl (C=O) groups is 2. The first-order chi connectivity index (χ1) is 42.7. The number of aromatic carboxylic acids is 1. The van der Waals surface area contributed by atoms with Gasteiger partial charge in [0, 0.05) is 71.6 Å². The Hall–Kier alpha value is -9.80. The summed E-state index contributed by atoms with van der Waals surface area (Å²) in [6, 6.07) is 36.4. The van der Waals surface area contributed by atoms with E-state index in [1.807, 2.05) is 18.2 Å². The Morgan fingerprint density at radius 2 is 0.989 bits per heavy atom. The van der Waals surface area contributed by atoms with Crippen LogP contribution in [0.5, 0.6) is 0 Å². The van der Waals surface area contributed by atoms with Gasteiger partial charge in [-0.2, -0.15) is 0 Å². The molecule has 0 saturated carbocycles. The molecule has 0 spiro atoms. The van der Waals surface area contributed by atoms with Gasteiger partial charge in [-0.25, -0.2) is 58.3 Å². The number of amides is 1. The van der Waals surface area contributed by atoms with E-state index in [2.05, 4.69) is 35.9 Å². The highest BCUT2D eigenvalue weighted by atomic mass is 35.5. The number of nitro benzene ring substituents is 2. The van der Waals surface area contributed by atoms with Gasteiger partial charge in [0.15, 0.2) is 0 Å². The van der Waals surface area contributed by atoms with E-state index < -0.39 is 70.3 Å². The van der Waals surface area contributed by atoms with Crippen molar-refractivity contribution in [2.24, 2.45) is 0 Å². The smallest absolute Gasteiger partial charge is 0.338 e. The zero-order valence-electron chi connectivity index (χ0n) is 46.4. The largest absolute Gasteiger partial charge is 0.478 e. The summed E-state index contributed by atoms with van der Waals surface area (Å²) in [5.41, 5.74) is 1.34. The summed E-state index contributed by atoms with van der Waals surface area (Å²) in [5.74, 6) is -3.28. The third kappa shape index (κ3) is 14.0. The third-order valence-electron chi connectivity index (χ3n) is 14.5. The molecule has 6 aromatic carbocycles. The molecule has 12 rings (SSSR count). The summed E-state index contributed by atoms with van der Waals surface area (Å²) in [6.45, 7) is 2.53. The number of nitrogens with zero attached hydrogens (tertiary/aromatic N) is 9. The number of likely N-dealkylation sites (tertiary alicyclic amines) is 1. The van der Waals surface area contributed by atoms with Crippen molar-refractivity contribution in [2.45, 2.75) is 55.0 Å². The molecule has 23 nitrogen and oxygen atoms in total. The van der Waals surface area contributed by atoms with E-state index in [-0.39, 0.29) is 45.8 Å².